The van der Waals surface area contributed by atoms with Crippen LogP contribution in [-0.2, 0) is 13.6 Å². The molecule has 2 heteroatoms. The van der Waals surface area contributed by atoms with Gasteiger partial charge in [-0.2, -0.15) is 0 Å². The Morgan fingerprint density at radius 2 is 2.00 bits per heavy atom. The minimum Gasteiger partial charge on any atom is -0.346 e. The Balaban J connectivity index is 1.80. The third-order valence-electron chi connectivity index (χ3n) is 4.22. The average Bonchev–Trinajstić information content (AvgIpc) is 2.95. The standard InChI is InChI=1S/C16H22N2/c1-12-7-8-16-13(9-12)10-15(18(16)2)11-17-14-5-3-4-6-14/h7-10,14,17H,3-6,11H2,1-2H3. The first-order valence-electron chi connectivity index (χ1n) is 7.02. The number of fused-ring (bicyclic) bond motifs is 1. The molecular formula is C16H22N2. The largest absolute Gasteiger partial charge is 0.346 e. The van der Waals surface area contributed by atoms with E-state index in [4.69, 9.17) is 0 Å². The van der Waals surface area contributed by atoms with Crippen molar-refractivity contribution in [3.8, 4) is 0 Å². The summed E-state index contributed by atoms with van der Waals surface area (Å²) >= 11 is 0. The highest BCUT2D eigenvalue weighted by molar-refractivity contribution is 5.82. The lowest BCUT2D eigenvalue weighted by molar-refractivity contribution is 0.514. The summed E-state index contributed by atoms with van der Waals surface area (Å²) in [6.07, 6.45) is 5.49. The van der Waals surface area contributed by atoms with Gasteiger partial charge in [-0.05, 0) is 38.0 Å². The van der Waals surface area contributed by atoms with E-state index >= 15 is 0 Å². The van der Waals surface area contributed by atoms with Crippen LogP contribution < -0.4 is 5.32 Å². The second-order valence-corrected chi connectivity index (χ2v) is 5.62. The van der Waals surface area contributed by atoms with Crippen LogP contribution in [0.3, 0.4) is 0 Å². The summed E-state index contributed by atoms with van der Waals surface area (Å²) in [4.78, 5) is 0. The van der Waals surface area contributed by atoms with Crippen LogP contribution in [0.15, 0.2) is 24.3 Å². The van der Waals surface area contributed by atoms with Gasteiger partial charge < -0.3 is 9.88 Å². The van der Waals surface area contributed by atoms with E-state index < -0.39 is 0 Å². The minimum absolute atomic E-state index is 0.741. The number of nitrogens with one attached hydrogen (secondary N) is 1. The van der Waals surface area contributed by atoms with Gasteiger partial charge in [-0.1, -0.05) is 24.5 Å². The highest BCUT2D eigenvalue weighted by atomic mass is 15.0. The zero-order valence-corrected chi connectivity index (χ0v) is 11.4. The molecule has 1 aliphatic carbocycles. The van der Waals surface area contributed by atoms with Gasteiger partial charge in [0.1, 0.15) is 0 Å². The molecule has 1 fully saturated rings. The van der Waals surface area contributed by atoms with Gasteiger partial charge in [0.05, 0.1) is 0 Å². The Labute approximate surface area is 109 Å². The third-order valence-corrected chi connectivity index (χ3v) is 4.22. The van der Waals surface area contributed by atoms with Crippen LogP contribution in [0.2, 0.25) is 0 Å². The molecule has 0 radical (unpaired) electrons. The third kappa shape index (κ3) is 2.17. The molecule has 1 heterocycles. The van der Waals surface area contributed by atoms with Gasteiger partial charge in [-0.25, -0.2) is 0 Å². The van der Waals surface area contributed by atoms with E-state index in [-0.39, 0.29) is 0 Å². The van der Waals surface area contributed by atoms with E-state index in [1.54, 1.807) is 0 Å². The van der Waals surface area contributed by atoms with Gasteiger partial charge in [0.2, 0.25) is 0 Å². The van der Waals surface area contributed by atoms with Gasteiger partial charge in [0, 0.05) is 36.2 Å². The number of nitrogens with zero attached hydrogens (tertiary/aromatic N) is 1. The predicted octanol–water partition coefficient (Wildman–Crippen LogP) is 3.52. The van der Waals surface area contributed by atoms with Crippen molar-refractivity contribution in [2.75, 3.05) is 0 Å². The Kier molecular flexibility index (Phi) is 3.13. The topological polar surface area (TPSA) is 17.0 Å². The maximum absolute atomic E-state index is 3.69. The number of aromatic nitrogens is 1. The Bertz CT molecular complexity index is 547. The first kappa shape index (κ1) is 11.8. The Hall–Kier alpha value is -1.28. The van der Waals surface area contributed by atoms with Crippen LogP contribution in [0, 0.1) is 6.92 Å². The number of hydrogen-bond donors (Lipinski definition) is 1. The molecule has 0 bridgehead atoms. The van der Waals surface area contributed by atoms with Crippen LogP contribution in [0.25, 0.3) is 10.9 Å². The molecule has 2 nitrogen and oxygen atoms in total. The fourth-order valence-electron chi connectivity index (χ4n) is 3.07. The summed E-state index contributed by atoms with van der Waals surface area (Å²) in [6, 6.07) is 9.75. The van der Waals surface area contributed by atoms with E-state index in [1.165, 1.54) is 47.8 Å². The van der Waals surface area contributed by atoms with E-state index in [9.17, 15) is 0 Å². The fourth-order valence-corrected chi connectivity index (χ4v) is 3.07. The molecule has 96 valence electrons. The first-order chi connectivity index (χ1) is 8.74. The zero-order chi connectivity index (χ0) is 12.5. The van der Waals surface area contributed by atoms with Crippen LogP contribution in [-0.4, -0.2) is 10.6 Å². The van der Waals surface area contributed by atoms with Crippen molar-refractivity contribution in [2.45, 2.75) is 45.2 Å². The number of rotatable bonds is 3. The van der Waals surface area contributed by atoms with Crippen molar-refractivity contribution in [2.24, 2.45) is 7.05 Å². The molecule has 1 saturated carbocycles. The fraction of sp³-hybridized carbons (Fsp3) is 0.500. The molecule has 1 N–H and O–H groups in total. The average molecular weight is 242 g/mol. The molecule has 2 aromatic rings. The SMILES string of the molecule is Cc1ccc2c(c1)cc(CNC1CCCC1)n2C. The summed E-state index contributed by atoms with van der Waals surface area (Å²) in [6.45, 7) is 3.15. The van der Waals surface area contributed by atoms with Crippen LogP contribution in [0.5, 0.6) is 0 Å². The van der Waals surface area contributed by atoms with Gasteiger partial charge in [-0.15, -0.1) is 0 Å². The molecule has 1 aromatic heterocycles. The second-order valence-electron chi connectivity index (χ2n) is 5.62. The van der Waals surface area contributed by atoms with Crippen molar-refractivity contribution >= 4 is 10.9 Å². The number of benzene rings is 1. The molecule has 0 unspecified atom stereocenters. The van der Waals surface area contributed by atoms with E-state index in [0.717, 1.165) is 12.6 Å². The zero-order valence-electron chi connectivity index (χ0n) is 11.4. The highest BCUT2D eigenvalue weighted by Crippen LogP contribution is 2.22. The summed E-state index contributed by atoms with van der Waals surface area (Å²) in [7, 11) is 2.17. The van der Waals surface area contributed by atoms with Crippen molar-refractivity contribution < 1.29 is 0 Å². The summed E-state index contributed by atoms with van der Waals surface area (Å²) in [5, 5.41) is 5.06. The first-order valence-corrected chi connectivity index (χ1v) is 7.02. The van der Waals surface area contributed by atoms with Crippen molar-refractivity contribution in [1.82, 2.24) is 9.88 Å². The molecule has 1 aliphatic rings. The Morgan fingerprint density at radius 1 is 1.22 bits per heavy atom. The lowest BCUT2D eigenvalue weighted by Gasteiger charge is -2.12. The lowest BCUT2D eigenvalue weighted by atomic mass is 10.2. The molecule has 0 aliphatic heterocycles. The molecule has 0 spiro atoms. The maximum atomic E-state index is 3.69. The molecule has 18 heavy (non-hydrogen) atoms. The summed E-state index contributed by atoms with van der Waals surface area (Å²) in [5.74, 6) is 0. The minimum atomic E-state index is 0.741. The van der Waals surface area contributed by atoms with Gasteiger partial charge in [0.15, 0.2) is 0 Å². The predicted molar refractivity (Wildman–Crippen MR) is 76.8 cm³/mol. The van der Waals surface area contributed by atoms with Crippen molar-refractivity contribution in [3.05, 3.63) is 35.5 Å². The monoisotopic (exact) mass is 242 g/mol. The van der Waals surface area contributed by atoms with Gasteiger partial charge in [-0.3, -0.25) is 0 Å². The lowest BCUT2D eigenvalue weighted by Crippen LogP contribution is -2.26. The normalized spacial score (nSPS) is 16.8. The van der Waals surface area contributed by atoms with E-state index in [1.807, 2.05) is 0 Å². The van der Waals surface area contributed by atoms with Crippen LogP contribution in [0.4, 0.5) is 0 Å². The van der Waals surface area contributed by atoms with Crippen LogP contribution in [0.1, 0.15) is 36.9 Å². The Morgan fingerprint density at radius 3 is 2.78 bits per heavy atom. The molecule has 3 rings (SSSR count). The maximum Gasteiger partial charge on any atom is 0.0480 e. The summed E-state index contributed by atoms with van der Waals surface area (Å²) in [5.41, 5.74) is 4.06. The van der Waals surface area contributed by atoms with E-state index in [0.29, 0.717) is 0 Å². The van der Waals surface area contributed by atoms with Crippen molar-refractivity contribution in [1.29, 1.82) is 0 Å². The second kappa shape index (κ2) is 4.77. The number of hydrogen-bond acceptors (Lipinski definition) is 1. The molecule has 0 amide bonds. The molecule has 0 saturated heterocycles. The van der Waals surface area contributed by atoms with Crippen molar-refractivity contribution in [3.63, 3.8) is 0 Å². The molecule has 0 atom stereocenters. The van der Waals surface area contributed by atoms with Gasteiger partial charge in [0.25, 0.3) is 0 Å². The quantitative estimate of drug-likeness (QED) is 0.871. The smallest absolute Gasteiger partial charge is 0.0480 e. The van der Waals surface area contributed by atoms with Gasteiger partial charge >= 0.3 is 0 Å². The van der Waals surface area contributed by atoms with E-state index in [2.05, 4.69) is 48.1 Å². The summed E-state index contributed by atoms with van der Waals surface area (Å²) < 4.78 is 2.32. The number of aryl methyl sites for hydroxylation is 2. The highest BCUT2D eigenvalue weighted by Gasteiger charge is 2.14. The molecular weight excluding hydrogens is 220 g/mol. The molecule has 1 aromatic carbocycles. The van der Waals surface area contributed by atoms with Crippen LogP contribution >= 0.6 is 0 Å².